The first-order valence-electron chi connectivity index (χ1n) is 15.9. The summed E-state index contributed by atoms with van der Waals surface area (Å²) in [5.74, 6) is -0.330. The summed E-state index contributed by atoms with van der Waals surface area (Å²) in [4.78, 5) is 37.2. The predicted molar refractivity (Wildman–Crippen MR) is 174 cm³/mol. The number of esters is 1. The summed E-state index contributed by atoms with van der Waals surface area (Å²) in [7, 11) is 1.31. The van der Waals surface area contributed by atoms with Crippen LogP contribution >= 0.6 is 11.8 Å². The van der Waals surface area contributed by atoms with Crippen LogP contribution in [-0.4, -0.2) is 46.9 Å². The van der Waals surface area contributed by atoms with Gasteiger partial charge in [-0.2, -0.15) is 0 Å². The van der Waals surface area contributed by atoms with Crippen molar-refractivity contribution in [3.63, 3.8) is 0 Å². The molecule has 0 heterocycles. The quantitative estimate of drug-likeness (QED) is 0.153. The Hall–Kier alpha value is -2.68. The number of amides is 2. The second kappa shape index (κ2) is 11.9. The van der Waals surface area contributed by atoms with Gasteiger partial charge in [0.15, 0.2) is 11.5 Å². The highest BCUT2D eigenvalue weighted by molar-refractivity contribution is 7.99. The third-order valence-electron chi connectivity index (χ3n) is 12.3. The number of rotatable bonds is 8. The minimum atomic E-state index is -0.826. The summed E-state index contributed by atoms with van der Waals surface area (Å²) in [5, 5.41) is 24.2. The monoisotopic (exact) mass is 628 g/mol. The second-order valence-corrected chi connectivity index (χ2v) is 15.8. The van der Waals surface area contributed by atoms with Gasteiger partial charge < -0.3 is 26.0 Å². The summed E-state index contributed by atoms with van der Waals surface area (Å²) in [6.07, 6.45) is 7.55. The fourth-order valence-corrected chi connectivity index (χ4v) is 10.4. The molecule has 0 aliphatic heterocycles. The Balaban J connectivity index is 1.88. The van der Waals surface area contributed by atoms with Crippen molar-refractivity contribution in [3.8, 4) is 11.5 Å². The molecule has 0 bridgehead atoms. The van der Waals surface area contributed by atoms with Gasteiger partial charge in [0.1, 0.15) is 6.04 Å². The molecular formula is C35H52N2O6S. The normalized spacial score (nSPS) is 35.5. The predicted octanol–water partition coefficient (Wildman–Crippen LogP) is 6.20. The third kappa shape index (κ3) is 5.31. The van der Waals surface area contributed by atoms with Crippen molar-refractivity contribution in [1.29, 1.82) is 0 Å². The zero-order valence-electron chi connectivity index (χ0n) is 27.9. The van der Waals surface area contributed by atoms with E-state index < -0.39 is 22.8 Å². The highest BCUT2D eigenvalue weighted by Gasteiger charge is 2.62. The van der Waals surface area contributed by atoms with Gasteiger partial charge in [-0.1, -0.05) is 53.2 Å². The average Bonchev–Trinajstić information content (AvgIpc) is 2.97. The number of carbonyl (C=O) groups is 3. The Morgan fingerprint density at radius 1 is 1.16 bits per heavy atom. The number of benzene rings is 1. The number of allylic oxidation sites excluding steroid dienone is 1. The molecule has 3 aliphatic carbocycles. The molecule has 1 aromatic carbocycles. The SMILES string of the molecule is CC[C@]1(C)C2=CC(SC[C@H](NC(C)=O)C(=O)OC)c3c(cc(O)c(O)c3C)[C@]2(C)CC[C@@]1(C)[C@@H]1C[C@](C)(C(N)=O)CC[C@H]1C. The van der Waals surface area contributed by atoms with Crippen LogP contribution in [0.15, 0.2) is 17.7 Å². The highest BCUT2D eigenvalue weighted by atomic mass is 32.2. The molecule has 0 aromatic heterocycles. The van der Waals surface area contributed by atoms with Crippen LogP contribution in [0, 0.1) is 35.0 Å². The number of ether oxygens (including phenoxy) is 1. The van der Waals surface area contributed by atoms with Crippen molar-refractivity contribution in [1.82, 2.24) is 5.32 Å². The van der Waals surface area contributed by atoms with Gasteiger partial charge >= 0.3 is 5.97 Å². The first kappa shape index (κ1) is 34.2. The first-order chi connectivity index (χ1) is 20.4. The summed E-state index contributed by atoms with van der Waals surface area (Å²) in [6.45, 7) is 16.8. The van der Waals surface area contributed by atoms with Crippen LogP contribution in [0.1, 0.15) is 109 Å². The lowest BCUT2D eigenvalue weighted by Crippen LogP contribution is -2.57. The Morgan fingerprint density at radius 2 is 1.82 bits per heavy atom. The number of fused-ring (bicyclic) bond motifs is 3. The Kier molecular flexibility index (Phi) is 9.26. The zero-order chi connectivity index (χ0) is 33.0. The van der Waals surface area contributed by atoms with Crippen LogP contribution < -0.4 is 11.1 Å². The van der Waals surface area contributed by atoms with Gasteiger partial charge in [-0.25, -0.2) is 4.79 Å². The van der Waals surface area contributed by atoms with Gasteiger partial charge in [-0.3, -0.25) is 9.59 Å². The zero-order valence-corrected chi connectivity index (χ0v) is 28.7. The molecule has 0 radical (unpaired) electrons. The van der Waals surface area contributed by atoms with Crippen LogP contribution in [0.5, 0.6) is 11.5 Å². The highest BCUT2D eigenvalue weighted by Crippen LogP contribution is 2.70. The van der Waals surface area contributed by atoms with Crippen LogP contribution in [0.25, 0.3) is 0 Å². The van der Waals surface area contributed by atoms with E-state index in [0.717, 1.165) is 49.7 Å². The molecule has 44 heavy (non-hydrogen) atoms. The molecule has 0 spiro atoms. The standard InChI is InChI=1S/C35H52N2O6S/c1-10-34(7)27-16-26(44-18-24(30(41)43-9)37-21(4)38)28-20(3)29(40)25(39)15-22(28)33(27,6)13-14-35(34,8)23-17-32(5,31(36)42)12-11-19(23)2/h15-16,19,23-24,26,39-40H,10-14,17-18H2,1-9H3,(H2,36,42)(H,37,38)/t19-,23-,24+,26?,32-,33+,34-,35+/m1/s1. The molecule has 5 N–H and O–H groups in total. The van der Waals surface area contributed by atoms with Crippen LogP contribution in [-0.2, 0) is 24.5 Å². The molecular weight excluding hydrogens is 576 g/mol. The third-order valence-corrected chi connectivity index (χ3v) is 13.6. The van der Waals surface area contributed by atoms with Crippen LogP contribution in [0.2, 0.25) is 0 Å². The van der Waals surface area contributed by atoms with E-state index >= 15 is 0 Å². The van der Waals surface area contributed by atoms with E-state index in [1.54, 1.807) is 6.07 Å². The summed E-state index contributed by atoms with van der Waals surface area (Å²) >= 11 is 1.52. The maximum absolute atomic E-state index is 12.7. The molecule has 244 valence electrons. The smallest absolute Gasteiger partial charge is 0.329 e. The molecule has 1 aromatic rings. The number of nitrogens with two attached hydrogens (primary N) is 1. The van der Waals surface area contributed by atoms with Gasteiger partial charge in [0.2, 0.25) is 11.8 Å². The molecule has 8 atom stereocenters. The number of phenols is 2. The molecule has 2 amide bonds. The molecule has 2 saturated carbocycles. The van der Waals surface area contributed by atoms with E-state index in [1.807, 2.05) is 13.8 Å². The lowest BCUT2D eigenvalue weighted by molar-refractivity contribution is -0.144. The van der Waals surface area contributed by atoms with Gasteiger partial charge in [0.25, 0.3) is 0 Å². The number of phenolic OH excluding ortho intramolecular Hbond substituents is 2. The Labute approximate surface area is 267 Å². The lowest BCUT2D eigenvalue weighted by Gasteiger charge is -2.64. The van der Waals surface area contributed by atoms with Crippen molar-refractivity contribution < 1.29 is 29.3 Å². The van der Waals surface area contributed by atoms with Crippen molar-refractivity contribution in [2.24, 2.45) is 33.8 Å². The van der Waals surface area contributed by atoms with Gasteiger partial charge in [0, 0.05) is 28.8 Å². The molecule has 2 fully saturated rings. The van der Waals surface area contributed by atoms with Crippen LogP contribution in [0.3, 0.4) is 0 Å². The maximum Gasteiger partial charge on any atom is 0.329 e. The minimum Gasteiger partial charge on any atom is -0.504 e. The molecule has 8 nitrogen and oxygen atoms in total. The molecule has 0 saturated heterocycles. The molecule has 4 rings (SSSR count). The van der Waals surface area contributed by atoms with Crippen molar-refractivity contribution in [2.45, 2.75) is 111 Å². The van der Waals surface area contributed by atoms with E-state index in [1.165, 1.54) is 31.4 Å². The average molecular weight is 629 g/mol. The van der Waals surface area contributed by atoms with E-state index in [2.05, 4.69) is 46.0 Å². The molecule has 3 aliphatic rings. The van der Waals surface area contributed by atoms with E-state index in [9.17, 15) is 24.6 Å². The fourth-order valence-electron chi connectivity index (χ4n) is 9.04. The van der Waals surface area contributed by atoms with Gasteiger partial charge in [-0.05, 0) is 90.9 Å². The van der Waals surface area contributed by atoms with Gasteiger partial charge in [-0.15, -0.1) is 11.8 Å². The molecule has 9 heteroatoms. The number of primary amides is 1. The summed E-state index contributed by atoms with van der Waals surface area (Å²) < 4.78 is 4.98. The molecule has 1 unspecified atom stereocenters. The van der Waals surface area contributed by atoms with E-state index in [-0.39, 0.29) is 51.1 Å². The number of aromatic hydroxyl groups is 2. The second-order valence-electron chi connectivity index (χ2n) is 14.6. The Morgan fingerprint density at radius 3 is 2.39 bits per heavy atom. The number of carbonyl (C=O) groups excluding carboxylic acids is 3. The lowest BCUT2D eigenvalue weighted by atomic mass is 9.40. The van der Waals surface area contributed by atoms with Gasteiger partial charge in [0.05, 0.1) is 7.11 Å². The van der Waals surface area contributed by atoms with Crippen molar-refractivity contribution in [3.05, 3.63) is 34.4 Å². The number of hydrogen-bond acceptors (Lipinski definition) is 7. The summed E-state index contributed by atoms with van der Waals surface area (Å²) in [6, 6.07) is 0.906. The number of thioether (sulfide) groups is 1. The fraction of sp³-hybridized carbons (Fsp3) is 0.686. The first-order valence-corrected chi connectivity index (χ1v) is 17.0. The van der Waals surface area contributed by atoms with E-state index in [0.29, 0.717) is 11.5 Å². The number of hydrogen-bond donors (Lipinski definition) is 4. The van der Waals surface area contributed by atoms with Crippen LogP contribution in [0.4, 0.5) is 0 Å². The topological polar surface area (TPSA) is 139 Å². The van der Waals surface area contributed by atoms with Crippen molar-refractivity contribution in [2.75, 3.05) is 12.9 Å². The minimum absolute atomic E-state index is 0.130. The number of nitrogens with one attached hydrogen (secondary N) is 1. The maximum atomic E-state index is 12.7. The largest absolute Gasteiger partial charge is 0.504 e. The van der Waals surface area contributed by atoms with Crippen molar-refractivity contribution >= 4 is 29.5 Å². The summed E-state index contributed by atoms with van der Waals surface area (Å²) in [5.41, 5.74) is 8.52. The number of methoxy groups -OCH3 is 1. The van der Waals surface area contributed by atoms with E-state index in [4.69, 9.17) is 10.5 Å². The Bertz CT molecular complexity index is 1380.